The Kier molecular flexibility index (Phi) is 31.8. The minimum Gasteiger partial charge on any atom is -0.453 e. The van der Waals surface area contributed by atoms with Crippen LogP contribution in [-0.2, 0) is 0 Å². The molecule has 13 rings (SSSR count). The van der Waals surface area contributed by atoms with Gasteiger partial charge in [0.2, 0.25) is 0 Å². The predicted octanol–water partition coefficient (Wildman–Crippen LogP) is 31.1. The van der Waals surface area contributed by atoms with E-state index in [1.807, 2.05) is 24.3 Å². The van der Waals surface area contributed by atoms with Crippen LogP contribution in [0.2, 0.25) is 0 Å². The lowest BCUT2D eigenvalue weighted by atomic mass is 9.76. The van der Waals surface area contributed by atoms with Crippen LogP contribution in [0.5, 0.6) is 92.0 Å². The average molecular weight is 1760 g/mol. The van der Waals surface area contributed by atoms with Crippen molar-refractivity contribution in [1.82, 2.24) is 0 Å². The normalized spacial score (nSPS) is 15.1. The molecule has 8 bridgehead atoms. The van der Waals surface area contributed by atoms with Gasteiger partial charge in [-0.05, 0) is 49.9 Å². The second kappa shape index (κ2) is 43.7. The van der Waals surface area contributed by atoms with E-state index in [4.69, 9.17) is 37.9 Å². The van der Waals surface area contributed by atoms with Gasteiger partial charge in [0.25, 0.3) is 0 Å². The fourth-order valence-electron chi connectivity index (χ4n) is 18.7. The Morgan fingerprint density at radius 1 is 0.172 bits per heavy atom. The number of fused-ring (bicyclic) bond motifs is 4. The molecule has 0 radical (unpaired) electrons. The first-order valence-corrected chi connectivity index (χ1v) is 46.0. The van der Waals surface area contributed by atoms with Crippen LogP contribution in [0, 0.1) is 80.9 Å². The first kappa shape index (κ1) is 93.0. The van der Waals surface area contributed by atoms with Crippen LogP contribution in [0.4, 0.5) is 45.5 Å². The lowest BCUT2D eigenvalue weighted by Crippen LogP contribution is -2.13. The Balaban J connectivity index is 1.21. The van der Waals surface area contributed by atoms with Gasteiger partial charge in [0.1, 0.15) is 46.0 Å². The number of nitro benzene ring substituents is 8. The summed E-state index contributed by atoms with van der Waals surface area (Å²) in [5.74, 6) is -7.42. The van der Waals surface area contributed by atoms with Gasteiger partial charge in [0, 0.05) is 92.4 Å². The van der Waals surface area contributed by atoms with Gasteiger partial charge in [0.05, 0.1) is 87.9 Å². The molecule has 0 amide bonds. The highest BCUT2D eigenvalue weighted by Crippen LogP contribution is 2.62. The van der Waals surface area contributed by atoms with Gasteiger partial charge in [-0.25, -0.2) is 0 Å². The van der Waals surface area contributed by atoms with E-state index in [2.05, 4.69) is 27.7 Å². The van der Waals surface area contributed by atoms with Crippen molar-refractivity contribution >= 4 is 45.5 Å². The van der Waals surface area contributed by atoms with E-state index in [1.54, 1.807) is 0 Å². The first-order valence-electron chi connectivity index (χ1n) is 46.0. The molecular formula is C96H112N8O24. The summed E-state index contributed by atoms with van der Waals surface area (Å²) in [6, 6.07) is 20.7. The van der Waals surface area contributed by atoms with Crippen molar-refractivity contribution in [3.05, 3.63) is 222 Å². The summed E-state index contributed by atoms with van der Waals surface area (Å²) >= 11 is 0. The maximum Gasteiger partial charge on any atom is 0.350 e. The molecule has 680 valence electrons. The Morgan fingerprint density at radius 3 is 0.406 bits per heavy atom. The van der Waals surface area contributed by atoms with E-state index >= 15 is 0 Å². The van der Waals surface area contributed by atoms with Gasteiger partial charge >= 0.3 is 45.5 Å². The Labute approximate surface area is 741 Å². The number of unbranched alkanes of at least 4 members (excludes halogenated alkanes) is 32. The molecule has 0 spiro atoms. The third kappa shape index (κ3) is 21.9. The van der Waals surface area contributed by atoms with E-state index < -0.39 is 155 Å². The lowest BCUT2D eigenvalue weighted by Gasteiger charge is -2.30. The average Bonchev–Trinajstić information content (AvgIpc) is 1.45. The maximum absolute atomic E-state index is 13.3. The van der Waals surface area contributed by atoms with Crippen molar-refractivity contribution in [1.29, 1.82) is 0 Å². The summed E-state index contributed by atoms with van der Waals surface area (Å²) in [7, 11) is 0. The van der Waals surface area contributed by atoms with E-state index in [9.17, 15) is 80.9 Å². The molecule has 0 saturated carbocycles. The summed E-state index contributed by atoms with van der Waals surface area (Å²) in [6.07, 6.45) is 34.2. The predicted molar refractivity (Wildman–Crippen MR) is 480 cm³/mol. The fourth-order valence-corrected chi connectivity index (χ4v) is 18.7. The molecule has 4 heterocycles. The molecule has 0 aromatic heterocycles. The van der Waals surface area contributed by atoms with Gasteiger partial charge in [-0.15, -0.1) is 0 Å². The summed E-state index contributed by atoms with van der Waals surface area (Å²) in [5, 5.41) is 107. The lowest BCUT2D eigenvalue weighted by molar-refractivity contribution is -0.422. The van der Waals surface area contributed by atoms with Gasteiger partial charge in [0.15, 0.2) is 46.0 Å². The van der Waals surface area contributed by atoms with Crippen molar-refractivity contribution in [2.24, 2.45) is 0 Å². The quantitative estimate of drug-likeness (QED) is 0.0194. The zero-order valence-electron chi connectivity index (χ0n) is 73.2. The minimum absolute atomic E-state index is 0.0477. The fraction of sp³-hybridized carbons (Fsp3) is 0.500. The van der Waals surface area contributed by atoms with Gasteiger partial charge in [-0.2, -0.15) is 0 Å². The third-order valence-electron chi connectivity index (χ3n) is 25.5. The van der Waals surface area contributed by atoms with Crippen molar-refractivity contribution in [3.8, 4) is 92.0 Å². The van der Waals surface area contributed by atoms with Crippen molar-refractivity contribution in [2.75, 3.05) is 0 Å². The second-order valence-corrected chi connectivity index (χ2v) is 34.4. The van der Waals surface area contributed by atoms with Crippen molar-refractivity contribution in [2.45, 2.75) is 308 Å². The van der Waals surface area contributed by atoms with E-state index in [-0.39, 0.29) is 71.7 Å². The molecule has 1 aliphatic carbocycles. The van der Waals surface area contributed by atoms with E-state index in [0.717, 1.165) is 228 Å². The number of ether oxygens (including phenoxy) is 8. The van der Waals surface area contributed by atoms with Crippen molar-refractivity contribution in [3.63, 3.8) is 0 Å². The van der Waals surface area contributed by atoms with Crippen LogP contribution in [0.25, 0.3) is 0 Å². The molecular weight excluding hydrogens is 1650 g/mol. The Hall–Kier alpha value is -12.6. The standard InChI is InChI=1S/C96H112N8O24/c1-5-9-13-17-21-25-29-33-37-41-61-65-45-67-62(42-38-34-30-26-22-18-14-10-6-2)69-47-71-64(44-40-36-32-28-24-20-16-12-8-4)72-48-70-63(43-39-35-31-27-23-19-15-11-7-3)68-46-66(61)82-58-84(68)124-92-52-76(100(111)112)78(102(115)116)54-94(92)126-86(70)60-88(72)128-96-56-80(104(119)120)79(103(117)118)55-95(96)127-87(71)59-85(69)125-93-53-77(101(113)114)75(99(109)110)51-91(93)123-83(67)57-81(65)121-89-49-73(97(105)106)74(98(107)108)50-90(89)122-82/h45-64H,5-44H2,1-4H3. The number of nitrogens with zero attached hydrogens (tertiary/aromatic N) is 8. The number of hydrogen-bond donors (Lipinski definition) is 0. The van der Waals surface area contributed by atoms with Gasteiger partial charge in [-0.3, -0.25) is 80.9 Å². The largest absolute Gasteiger partial charge is 0.453 e. The number of benzene rings is 8. The molecule has 0 fully saturated rings. The minimum atomic E-state index is -0.999. The number of rotatable bonds is 48. The molecule has 0 atom stereocenters. The van der Waals surface area contributed by atoms with Crippen LogP contribution < -0.4 is 37.9 Å². The topological polar surface area (TPSA) is 419 Å². The highest BCUT2D eigenvalue weighted by atomic mass is 16.7. The molecule has 4 aliphatic heterocycles. The van der Waals surface area contributed by atoms with Crippen LogP contribution >= 0.6 is 0 Å². The second-order valence-electron chi connectivity index (χ2n) is 34.4. The summed E-state index contributed by atoms with van der Waals surface area (Å²) < 4.78 is 57.4. The molecule has 32 heteroatoms. The van der Waals surface area contributed by atoms with Crippen LogP contribution in [0.1, 0.15) is 353 Å². The smallest absolute Gasteiger partial charge is 0.350 e. The van der Waals surface area contributed by atoms with Gasteiger partial charge in [-0.1, -0.05) is 259 Å². The van der Waals surface area contributed by atoms with Crippen LogP contribution in [0.3, 0.4) is 0 Å². The summed E-state index contributed by atoms with van der Waals surface area (Å²) in [5.41, 5.74) is -4.71. The SMILES string of the molecule is CCCCCCCCCCCC1c2cc3c4cc2Oc2cc([N+](=O)[O-])c([N+](=O)[O-])cc2Oc2cc5c(cc21)C(CCCCCCCCCCC)c1cc2c(cc1Oc1cc([N+](=O)[O-])c([N+](=O)[O-])cc1O5)Oc1cc([N+](=O)[O-])c([N+](=O)[O-])cc1Oc1cc(c(cc1C2CCCCCCCCCCC)C3CCCCCCCCCCC)Oc1cc([N+](=O)[O-])c([N+](=O)[O-])cc1O4. The number of nitro groups is 8. The molecule has 8 aromatic rings. The highest BCUT2D eigenvalue weighted by molar-refractivity contribution is 5.74. The molecule has 128 heavy (non-hydrogen) atoms. The summed E-state index contributed by atoms with van der Waals surface area (Å²) in [4.78, 5) is 99.2. The number of hydrogen-bond acceptors (Lipinski definition) is 24. The first-order chi connectivity index (χ1) is 62.0. The molecule has 0 saturated heterocycles. The Bertz CT molecular complexity index is 4540. The Morgan fingerprint density at radius 2 is 0.289 bits per heavy atom. The molecule has 0 N–H and O–H groups in total. The molecule has 8 aromatic carbocycles. The summed E-state index contributed by atoms with van der Waals surface area (Å²) in [6.45, 7) is 8.64. The highest BCUT2D eigenvalue weighted by Gasteiger charge is 2.43. The van der Waals surface area contributed by atoms with Gasteiger partial charge < -0.3 is 37.9 Å². The van der Waals surface area contributed by atoms with Crippen molar-refractivity contribution < 1.29 is 77.3 Å². The third-order valence-corrected chi connectivity index (χ3v) is 25.5. The molecule has 0 unspecified atom stereocenters. The van der Waals surface area contributed by atoms with E-state index in [1.165, 1.54) is 24.3 Å². The van der Waals surface area contributed by atoms with Crippen LogP contribution in [0.15, 0.2) is 97.1 Å². The maximum atomic E-state index is 13.3. The zero-order valence-corrected chi connectivity index (χ0v) is 73.2. The zero-order chi connectivity index (χ0) is 90.7. The molecule has 5 aliphatic rings. The monoisotopic (exact) mass is 1760 g/mol. The van der Waals surface area contributed by atoms with E-state index in [0.29, 0.717) is 95.9 Å². The molecule has 32 nitrogen and oxygen atoms in total. The van der Waals surface area contributed by atoms with Crippen LogP contribution in [-0.4, -0.2) is 39.4 Å².